The summed E-state index contributed by atoms with van der Waals surface area (Å²) in [6.07, 6.45) is 0. The van der Waals surface area contributed by atoms with Crippen molar-refractivity contribution < 1.29 is 0 Å². The predicted molar refractivity (Wildman–Crippen MR) is 64.8 cm³/mol. The van der Waals surface area contributed by atoms with E-state index in [1.165, 1.54) is 5.19 Å². The summed E-state index contributed by atoms with van der Waals surface area (Å²) in [6.45, 7) is 0. The van der Waals surface area contributed by atoms with E-state index < -0.39 is 0 Å². The molecule has 0 aliphatic carbocycles. The third-order valence-corrected chi connectivity index (χ3v) is 5.83. The molecule has 0 aromatic heterocycles. The molecule has 0 saturated carbocycles. The molecule has 1 rings (SSSR count). The molecule has 0 nitrogen and oxygen atoms in total. The van der Waals surface area contributed by atoms with Gasteiger partial charge in [0, 0.05) is 16.8 Å². The van der Waals surface area contributed by atoms with Gasteiger partial charge in [-0.05, 0) is 17.7 Å². The molecule has 1 aromatic carbocycles. The summed E-state index contributed by atoms with van der Waals surface area (Å²) in [5.74, 6) is 1.33. The van der Waals surface area contributed by atoms with Gasteiger partial charge in [0.1, 0.15) is 0 Å². The van der Waals surface area contributed by atoms with Gasteiger partial charge in [-0.1, -0.05) is 28.9 Å². The summed E-state index contributed by atoms with van der Waals surface area (Å²) in [5.41, 5.74) is 0.490. The Morgan fingerprint density at radius 2 is 1.62 bits per heavy atom. The maximum Gasteiger partial charge on any atom is 0.0604 e. The maximum atomic E-state index is 5.78. The maximum absolute atomic E-state index is 5.78. The van der Waals surface area contributed by atoms with Crippen LogP contribution in [0.4, 0.5) is 0 Å². The molecule has 0 bridgehead atoms. The molecule has 0 N–H and O–H groups in total. The fourth-order valence-corrected chi connectivity index (χ4v) is 3.61. The van der Waals surface area contributed by atoms with Crippen molar-refractivity contribution >= 4 is 49.5 Å². The fraction of sp³-hybridized carbons (Fsp3) is 0.333. The molecule has 0 aliphatic heterocycles. The molecule has 13 heavy (non-hydrogen) atoms. The second-order valence-electron chi connectivity index (χ2n) is 3.01. The molecule has 0 unspecified atom stereocenters. The Kier molecular flexibility index (Phi) is 5.18. The topological polar surface area (TPSA) is 0 Å². The Hall–Kier alpha value is 0.307. The van der Waals surface area contributed by atoms with Crippen molar-refractivity contribution in [2.45, 2.75) is 5.54 Å². The van der Waals surface area contributed by atoms with Gasteiger partial charge in [-0.3, -0.25) is 0 Å². The highest BCUT2D eigenvalue weighted by Crippen LogP contribution is 2.09. The molecule has 0 aliphatic rings. The minimum Gasteiger partial charge on any atom is -0.127 e. The summed E-state index contributed by atoms with van der Waals surface area (Å²) in [6, 6.07) is 7.98. The van der Waals surface area contributed by atoms with Gasteiger partial charge in [0.15, 0.2) is 0 Å². The average molecular weight is 254 g/mol. The van der Waals surface area contributed by atoms with Crippen LogP contribution in [-0.4, -0.2) is 21.3 Å². The Bertz CT molecular complexity index is 244. The van der Waals surface area contributed by atoms with Crippen molar-refractivity contribution in [1.29, 1.82) is 0 Å². The second-order valence-corrected chi connectivity index (χ2v) is 6.44. The summed E-state index contributed by atoms with van der Waals surface area (Å²) >= 11 is 17.3. The standard InChI is InChI=1S/C9H11Cl3Si/c10-5-9(6-11)13-8-3-1-7(12)2-4-8/h1-4,9H,5-6,13H2. The zero-order valence-electron chi connectivity index (χ0n) is 7.14. The quantitative estimate of drug-likeness (QED) is 0.571. The highest BCUT2D eigenvalue weighted by molar-refractivity contribution is 6.57. The second kappa shape index (κ2) is 5.92. The Labute approximate surface area is 96.0 Å². The van der Waals surface area contributed by atoms with Crippen LogP contribution in [0.2, 0.25) is 10.6 Å². The van der Waals surface area contributed by atoms with Gasteiger partial charge in [0.05, 0.1) is 9.52 Å². The Morgan fingerprint density at radius 3 is 2.08 bits per heavy atom. The molecular formula is C9H11Cl3Si. The van der Waals surface area contributed by atoms with Gasteiger partial charge in [-0.2, -0.15) is 0 Å². The van der Waals surface area contributed by atoms with Crippen LogP contribution in [0.25, 0.3) is 0 Å². The molecule has 0 fully saturated rings. The van der Waals surface area contributed by atoms with Crippen LogP contribution < -0.4 is 5.19 Å². The first-order valence-corrected chi connectivity index (χ1v) is 7.09. The summed E-state index contributed by atoms with van der Waals surface area (Å²) in [5, 5.41) is 2.15. The highest BCUT2D eigenvalue weighted by atomic mass is 35.5. The molecule has 1 aromatic rings. The normalized spacial score (nSPS) is 11.7. The van der Waals surface area contributed by atoms with Gasteiger partial charge in [-0.15, -0.1) is 23.2 Å². The lowest BCUT2D eigenvalue weighted by Crippen LogP contribution is -2.21. The van der Waals surface area contributed by atoms with Gasteiger partial charge >= 0.3 is 0 Å². The number of hydrogen-bond donors (Lipinski definition) is 0. The van der Waals surface area contributed by atoms with Crippen molar-refractivity contribution in [1.82, 2.24) is 0 Å². The molecule has 0 amide bonds. The van der Waals surface area contributed by atoms with Crippen LogP contribution in [0, 0.1) is 0 Å². The van der Waals surface area contributed by atoms with E-state index in [2.05, 4.69) is 12.1 Å². The number of hydrogen-bond acceptors (Lipinski definition) is 0. The van der Waals surface area contributed by atoms with Crippen molar-refractivity contribution in [2.24, 2.45) is 0 Å². The van der Waals surface area contributed by atoms with Crippen molar-refractivity contribution in [3.8, 4) is 0 Å². The molecule has 0 spiro atoms. The molecule has 0 saturated heterocycles. The van der Waals surface area contributed by atoms with E-state index >= 15 is 0 Å². The predicted octanol–water partition coefficient (Wildman–Crippen LogP) is 2.40. The largest absolute Gasteiger partial charge is 0.127 e. The zero-order chi connectivity index (χ0) is 9.68. The van der Waals surface area contributed by atoms with Crippen molar-refractivity contribution in [3.63, 3.8) is 0 Å². The van der Waals surface area contributed by atoms with Gasteiger partial charge in [0.25, 0.3) is 0 Å². The molecule has 72 valence electrons. The summed E-state index contributed by atoms with van der Waals surface area (Å²) < 4.78 is 0. The lowest BCUT2D eigenvalue weighted by molar-refractivity contribution is 1.09. The average Bonchev–Trinajstić information content (AvgIpc) is 2.17. The zero-order valence-corrected chi connectivity index (χ0v) is 10.8. The monoisotopic (exact) mass is 252 g/mol. The van der Waals surface area contributed by atoms with Crippen LogP contribution in [0.5, 0.6) is 0 Å². The Balaban J connectivity index is 2.58. The molecular weight excluding hydrogens is 243 g/mol. The third-order valence-electron chi connectivity index (χ3n) is 1.87. The number of benzene rings is 1. The first-order chi connectivity index (χ1) is 6.26. The number of alkyl halides is 2. The van der Waals surface area contributed by atoms with Gasteiger partial charge in [-0.25, -0.2) is 0 Å². The lowest BCUT2D eigenvalue weighted by atomic mass is 10.4. The smallest absolute Gasteiger partial charge is 0.0604 e. The first-order valence-electron chi connectivity index (χ1n) is 4.12. The van der Waals surface area contributed by atoms with Crippen LogP contribution in [-0.2, 0) is 0 Å². The molecule has 0 heterocycles. The van der Waals surface area contributed by atoms with Gasteiger partial charge < -0.3 is 0 Å². The van der Waals surface area contributed by atoms with Crippen molar-refractivity contribution in [2.75, 3.05) is 11.8 Å². The van der Waals surface area contributed by atoms with Crippen molar-refractivity contribution in [3.05, 3.63) is 29.3 Å². The van der Waals surface area contributed by atoms with E-state index in [-0.39, 0.29) is 9.52 Å². The Morgan fingerprint density at radius 1 is 1.08 bits per heavy atom. The van der Waals surface area contributed by atoms with E-state index in [0.29, 0.717) is 17.3 Å². The molecule has 0 atom stereocenters. The summed E-state index contributed by atoms with van der Waals surface area (Å²) in [4.78, 5) is 0. The lowest BCUT2D eigenvalue weighted by Gasteiger charge is -2.08. The number of halogens is 3. The van der Waals surface area contributed by atoms with Gasteiger partial charge in [0.2, 0.25) is 0 Å². The van der Waals surface area contributed by atoms with E-state index in [1.54, 1.807) is 0 Å². The van der Waals surface area contributed by atoms with Crippen LogP contribution in [0.15, 0.2) is 24.3 Å². The highest BCUT2D eigenvalue weighted by Gasteiger charge is 2.07. The minimum atomic E-state index is -0.336. The minimum absolute atomic E-state index is 0.336. The van der Waals surface area contributed by atoms with E-state index in [4.69, 9.17) is 34.8 Å². The third kappa shape index (κ3) is 3.90. The number of rotatable bonds is 4. The van der Waals surface area contributed by atoms with Crippen LogP contribution in [0.3, 0.4) is 0 Å². The first kappa shape index (κ1) is 11.4. The SMILES string of the molecule is ClCC(CCl)[SiH2]c1ccc(Cl)cc1. The van der Waals surface area contributed by atoms with Crippen LogP contribution in [0.1, 0.15) is 0 Å². The molecule has 0 radical (unpaired) electrons. The van der Waals surface area contributed by atoms with E-state index in [9.17, 15) is 0 Å². The fourth-order valence-electron chi connectivity index (χ4n) is 1.10. The van der Waals surface area contributed by atoms with Crippen LogP contribution >= 0.6 is 34.8 Å². The van der Waals surface area contributed by atoms with E-state index in [1.807, 2.05) is 12.1 Å². The van der Waals surface area contributed by atoms with E-state index in [0.717, 1.165) is 5.02 Å². The molecule has 4 heteroatoms. The summed E-state index contributed by atoms with van der Waals surface area (Å²) in [7, 11) is -0.336.